The highest BCUT2D eigenvalue weighted by Gasteiger charge is 2.26. The van der Waals surface area contributed by atoms with Crippen molar-refractivity contribution in [2.75, 3.05) is 17.7 Å². The van der Waals surface area contributed by atoms with Crippen molar-refractivity contribution >= 4 is 17.4 Å². The minimum atomic E-state index is -0.531. The number of anilines is 1. The van der Waals surface area contributed by atoms with E-state index in [0.717, 1.165) is 29.0 Å². The van der Waals surface area contributed by atoms with E-state index in [1.165, 1.54) is 12.8 Å². The number of benzene rings is 2. The molecule has 8 heteroatoms. The lowest BCUT2D eigenvalue weighted by Crippen LogP contribution is -2.17. The van der Waals surface area contributed by atoms with Crippen LogP contribution >= 0.6 is 11.8 Å². The van der Waals surface area contributed by atoms with Crippen molar-refractivity contribution in [2.24, 2.45) is 0 Å². The fraction of sp³-hybridized carbons (Fsp3) is 0.348. The summed E-state index contributed by atoms with van der Waals surface area (Å²) in [6.45, 7) is 4.52. The molecule has 0 saturated heterocycles. The summed E-state index contributed by atoms with van der Waals surface area (Å²) in [5.74, 6) is 1.88. The number of para-hydroxylation sites is 1. The number of fused-ring (bicyclic) bond motifs is 3. The topological polar surface area (TPSA) is 89.4 Å². The van der Waals surface area contributed by atoms with E-state index in [9.17, 15) is 5.11 Å². The Bertz CT molecular complexity index is 1050. The van der Waals surface area contributed by atoms with Crippen LogP contribution in [0.3, 0.4) is 0 Å². The molecule has 31 heavy (non-hydrogen) atoms. The van der Waals surface area contributed by atoms with Crippen molar-refractivity contribution in [1.82, 2.24) is 15.2 Å². The molecule has 0 aliphatic carbocycles. The number of nitrogens with zero attached hydrogens (tertiary/aromatic N) is 3. The van der Waals surface area contributed by atoms with Gasteiger partial charge in [-0.15, -0.1) is 10.2 Å². The first-order valence-electron chi connectivity index (χ1n) is 10.6. The van der Waals surface area contributed by atoms with Crippen LogP contribution in [0.5, 0.6) is 17.4 Å². The zero-order valence-corrected chi connectivity index (χ0v) is 18.5. The molecule has 0 fully saturated rings. The fourth-order valence-corrected chi connectivity index (χ4v) is 4.12. The maximum atomic E-state index is 10.1. The third-order valence-electron chi connectivity index (χ3n) is 4.90. The zero-order valence-electron chi connectivity index (χ0n) is 17.7. The van der Waals surface area contributed by atoms with E-state index in [1.54, 1.807) is 30.0 Å². The van der Waals surface area contributed by atoms with Crippen LogP contribution in [0.2, 0.25) is 0 Å². The van der Waals surface area contributed by atoms with E-state index in [2.05, 4.69) is 27.4 Å². The molecule has 0 saturated carbocycles. The Kier molecular flexibility index (Phi) is 6.76. The van der Waals surface area contributed by atoms with Gasteiger partial charge in [-0.2, -0.15) is 4.98 Å². The van der Waals surface area contributed by atoms with E-state index in [-0.39, 0.29) is 5.75 Å². The van der Waals surface area contributed by atoms with Gasteiger partial charge in [-0.3, -0.25) is 0 Å². The number of phenols is 1. The number of thioether (sulfide) groups is 1. The number of aromatic hydroxyl groups is 1. The Labute approximate surface area is 186 Å². The average Bonchev–Trinajstić information content (AvgIpc) is 2.95. The number of unbranched alkanes of at least 4 members (excludes halogenated alkanes) is 2. The van der Waals surface area contributed by atoms with Crippen molar-refractivity contribution in [2.45, 2.75) is 44.5 Å². The minimum Gasteiger partial charge on any atom is -0.504 e. The highest BCUT2D eigenvalue weighted by Crippen LogP contribution is 2.40. The van der Waals surface area contributed by atoms with Crippen molar-refractivity contribution < 1.29 is 14.6 Å². The second-order valence-corrected chi connectivity index (χ2v) is 8.21. The van der Waals surface area contributed by atoms with Crippen LogP contribution in [0.4, 0.5) is 5.69 Å². The lowest BCUT2D eigenvalue weighted by atomic mass is 10.1. The van der Waals surface area contributed by atoms with Crippen molar-refractivity contribution in [3.8, 4) is 28.6 Å². The summed E-state index contributed by atoms with van der Waals surface area (Å²) in [5.41, 5.74) is 3.16. The molecule has 2 heterocycles. The molecule has 0 spiro atoms. The molecular formula is C23H26N4O3S. The van der Waals surface area contributed by atoms with Gasteiger partial charge in [0, 0.05) is 22.6 Å². The van der Waals surface area contributed by atoms with Gasteiger partial charge in [0.25, 0.3) is 0 Å². The van der Waals surface area contributed by atoms with Gasteiger partial charge in [-0.1, -0.05) is 49.7 Å². The Morgan fingerprint density at radius 3 is 2.84 bits per heavy atom. The third-order valence-corrected chi connectivity index (χ3v) is 5.82. The second-order valence-electron chi connectivity index (χ2n) is 7.15. The van der Waals surface area contributed by atoms with Gasteiger partial charge in [0.2, 0.25) is 11.0 Å². The standard InChI is InChI=1S/C23H26N4O3S/c1-3-5-8-13-31-23-25-22-20(26-27-23)16-9-6-7-10-17(16)24-21(30-22)15-11-12-18(28)19(14-15)29-4-2/h6-7,9-12,14,21,24,28H,3-5,8,13H2,1-2H3/t21-/m1/s1. The van der Waals surface area contributed by atoms with Crippen LogP contribution in [-0.4, -0.2) is 32.6 Å². The molecule has 0 unspecified atom stereocenters. The molecule has 7 nitrogen and oxygen atoms in total. The Balaban J connectivity index is 1.68. The predicted octanol–water partition coefficient (Wildman–Crippen LogP) is 5.43. The lowest BCUT2D eigenvalue weighted by Gasteiger charge is -2.20. The summed E-state index contributed by atoms with van der Waals surface area (Å²) in [6.07, 6.45) is 2.94. The second kappa shape index (κ2) is 9.87. The Morgan fingerprint density at radius 2 is 2.00 bits per heavy atom. The van der Waals surface area contributed by atoms with Gasteiger partial charge in [0.1, 0.15) is 0 Å². The van der Waals surface area contributed by atoms with Crippen molar-refractivity contribution in [1.29, 1.82) is 0 Å². The maximum Gasteiger partial charge on any atom is 0.247 e. The minimum absolute atomic E-state index is 0.0924. The number of ether oxygens (including phenoxy) is 2. The largest absolute Gasteiger partial charge is 0.504 e. The first-order valence-corrected chi connectivity index (χ1v) is 11.5. The molecule has 162 valence electrons. The van der Waals surface area contributed by atoms with E-state index < -0.39 is 6.23 Å². The summed E-state index contributed by atoms with van der Waals surface area (Å²) in [4.78, 5) is 4.67. The van der Waals surface area contributed by atoms with Crippen LogP contribution in [0, 0.1) is 0 Å². The SMILES string of the molecule is CCCCCSc1nnc2c(n1)O[C@H](c1ccc(O)c(OCC)c1)Nc1ccccc1-2. The molecule has 1 aromatic heterocycles. The fourth-order valence-electron chi connectivity index (χ4n) is 3.34. The molecule has 3 aromatic rings. The third kappa shape index (κ3) is 4.85. The smallest absolute Gasteiger partial charge is 0.247 e. The molecule has 4 rings (SSSR count). The van der Waals surface area contributed by atoms with Gasteiger partial charge in [0.05, 0.1) is 6.61 Å². The quantitative estimate of drug-likeness (QED) is 0.356. The van der Waals surface area contributed by atoms with Crippen LogP contribution < -0.4 is 14.8 Å². The molecular weight excluding hydrogens is 412 g/mol. The van der Waals surface area contributed by atoms with E-state index in [4.69, 9.17) is 9.47 Å². The number of hydrogen-bond acceptors (Lipinski definition) is 8. The highest BCUT2D eigenvalue weighted by atomic mass is 32.2. The number of rotatable bonds is 8. The Morgan fingerprint density at radius 1 is 1.13 bits per heavy atom. The van der Waals surface area contributed by atoms with Crippen LogP contribution in [0.25, 0.3) is 11.3 Å². The van der Waals surface area contributed by atoms with Gasteiger partial charge < -0.3 is 19.9 Å². The normalized spacial score (nSPS) is 14.6. The number of aromatic nitrogens is 3. The number of hydrogen-bond donors (Lipinski definition) is 2. The molecule has 0 bridgehead atoms. The van der Waals surface area contributed by atoms with Gasteiger partial charge in [0.15, 0.2) is 23.4 Å². The molecule has 1 atom stereocenters. The summed E-state index contributed by atoms with van der Waals surface area (Å²) < 4.78 is 11.8. The van der Waals surface area contributed by atoms with Gasteiger partial charge in [-0.05, 0) is 37.6 Å². The number of nitrogens with one attached hydrogen (secondary N) is 1. The van der Waals surface area contributed by atoms with Gasteiger partial charge in [-0.25, -0.2) is 0 Å². The van der Waals surface area contributed by atoms with Crippen molar-refractivity contribution in [3.63, 3.8) is 0 Å². The van der Waals surface area contributed by atoms with Gasteiger partial charge >= 0.3 is 0 Å². The summed E-state index contributed by atoms with van der Waals surface area (Å²) >= 11 is 1.59. The van der Waals surface area contributed by atoms with E-state index in [0.29, 0.717) is 29.1 Å². The zero-order chi connectivity index (χ0) is 21.6. The van der Waals surface area contributed by atoms with E-state index >= 15 is 0 Å². The summed E-state index contributed by atoms with van der Waals surface area (Å²) in [6, 6.07) is 13.0. The van der Waals surface area contributed by atoms with Crippen LogP contribution in [-0.2, 0) is 0 Å². The molecule has 0 amide bonds. The average molecular weight is 439 g/mol. The van der Waals surface area contributed by atoms with Crippen LogP contribution in [0.15, 0.2) is 47.6 Å². The van der Waals surface area contributed by atoms with E-state index in [1.807, 2.05) is 31.2 Å². The first kappa shape index (κ1) is 21.2. The summed E-state index contributed by atoms with van der Waals surface area (Å²) in [5, 5.41) is 22.9. The summed E-state index contributed by atoms with van der Waals surface area (Å²) in [7, 11) is 0. The highest BCUT2D eigenvalue weighted by molar-refractivity contribution is 7.99. The van der Waals surface area contributed by atoms with Crippen molar-refractivity contribution in [3.05, 3.63) is 48.0 Å². The first-order chi connectivity index (χ1) is 15.2. The molecule has 1 aliphatic heterocycles. The molecule has 1 aliphatic rings. The molecule has 0 radical (unpaired) electrons. The molecule has 2 aromatic carbocycles. The Hall–Kier alpha value is -3.00. The lowest BCUT2D eigenvalue weighted by molar-refractivity contribution is 0.224. The molecule has 2 N–H and O–H groups in total. The predicted molar refractivity (Wildman–Crippen MR) is 122 cm³/mol. The maximum absolute atomic E-state index is 10.1. The monoisotopic (exact) mass is 438 g/mol. The van der Waals surface area contributed by atoms with Crippen LogP contribution in [0.1, 0.15) is 44.9 Å². The number of phenolic OH excluding ortho intramolecular Hbond substituents is 1.